The molecule has 2 aliphatic rings. The molecule has 0 aliphatic carbocycles. The first-order valence-corrected chi connectivity index (χ1v) is 15.7. The number of para-hydroxylation sites is 1. The van der Waals surface area contributed by atoms with Crippen LogP contribution in [-0.4, -0.2) is 49.4 Å². The Balaban J connectivity index is 1.17. The standard InChI is InChI=1S/C34H39FN2O4S/c1-4-27(36-19-17-25(18-20-36)33(39)24-11-13-26(35)14-12-24)8-7-21-41-31-16-15-28(40-3)22-29(31)34-37(23(2)38)30-9-5-6-10-32(30)42-34/h5-6,9-16,22,25,27,34H,4,7-8,17-21H2,1-3H3. The van der Waals surface area contributed by atoms with Crippen LogP contribution < -0.4 is 14.4 Å². The molecule has 0 saturated carbocycles. The molecule has 42 heavy (non-hydrogen) atoms. The molecule has 5 rings (SSSR count). The Morgan fingerprint density at radius 2 is 1.79 bits per heavy atom. The lowest BCUT2D eigenvalue weighted by molar-refractivity contribution is -0.116. The number of thioether (sulfide) groups is 1. The van der Waals surface area contributed by atoms with Gasteiger partial charge < -0.3 is 14.4 Å². The predicted molar refractivity (Wildman–Crippen MR) is 165 cm³/mol. The highest BCUT2D eigenvalue weighted by Crippen LogP contribution is 2.53. The van der Waals surface area contributed by atoms with Gasteiger partial charge in [0.25, 0.3) is 0 Å². The van der Waals surface area contributed by atoms with Gasteiger partial charge in [0.15, 0.2) is 5.78 Å². The number of ether oxygens (including phenoxy) is 2. The molecule has 1 fully saturated rings. The second-order valence-electron chi connectivity index (χ2n) is 11.0. The molecule has 3 aromatic rings. The highest BCUT2D eigenvalue weighted by molar-refractivity contribution is 8.00. The van der Waals surface area contributed by atoms with Crippen molar-refractivity contribution in [2.45, 2.75) is 62.3 Å². The number of benzene rings is 3. The van der Waals surface area contributed by atoms with Crippen molar-refractivity contribution in [2.24, 2.45) is 5.92 Å². The molecule has 0 spiro atoms. The number of likely N-dealkylation sites (tertiary alicyclic amines) is 1. The summed E-state index contributed by atoms with van der Waals surface area (Å²) in [6.45, 7) is 6.16. The maximum atomic E-state index is 13.3. The molecule has 2 unspecified atom stereocenters. The number of carbonyl (C=O) groups is 2. The first-order valence-electron chi connectivity index (χ1n) is 14.8. The van der Waals surface area contributed by atoms with Crippen LogP contribution in [0.25, 0.3) is 0 Å². The summed E-state index contributed by atoms with van der Waals surface area (Å²) in [5, 5.41) is -0.229. The van der Waals surface area contributed by atoms with Crippen LogP contribution in [0.5, 0.6) is 11.5 Å². The molecule has 0 radical (unpaired) electrons. The Bertz CT molecular complexity index is 1390. The van der Waals surface area contributed by atoms with Crippen LogP contribution in [0.2, 0.25) is 0 Å². The summed E-state index contributed by atoms with van der Waals surface area (Å²) in [7, 11) is 1.64. The van der Waals surface area contributed by atoms with Gasteiger partial charge in [-0.2, -0.15) is 0 Å². The smallest absolute Gasteiger partial charge is 0.225 e. The van der Waals surface area contributed by atoms with E-state index in [9.17, 15) is 14.0 Å². The monoisotopic (exact) mass is 590 g/mol. The summed E-state index contributed by atoms with van der Waals surface area (Å²) in [6.07, 6.45) is 4.59. The second kappa shape index (κ2) is 13.7. The highest BCUT2D eigenvalue weighted by atomic mass is 32.2. The quantitative estimate of drug-likeness (QED) is 0.170. The zero-order valence-electron chi connectivity index (χ0n) is 24.6. The van der Waals surface area contributed by atoms with E-state index in [1.165, 1.54) is 12.1 Å². The number of nitrogens with zero attached hydrogens (tertiary/aromatic N) is 2. The first-order chi connectivity index (χ1) is 20.4. The molecule has 8 heteroatoms. The molecule has 0 N–H and O–H groups in total. The van der Waals surface area contributed by atoms with E-state index < -0.39 is 0 Å². The van der Waals surface area contributed by atoms with Crippen molar-refractivity contribution >= 4 is 29.1 Å². The summed E-state index contributed by atoms with van der Waals surface area (Å²) < 4.78 is 25.2. The van der Waals surface area contributed by atoms with E-state index in [4.69, 9.17) is 9.47 Å². The number of amides is 1. The van der Waals surface area contributed by atoms with Crippen molar-refractivity contribution in [3.05, 3.63) is 83.7 Å². The number of piperidine rings is 1. The summed E-state index contributed by atoms with van der Waals surface area (Å²) in [5.74, 6) is 1.28. The van der Waals surface area contributed by atoms with E-state index in [2.05, 4.69) is 11.8 Å². The molecule has 0 aromatic heterocycles. The van der Waals surface area contributed by atoms with Crippen LogP contribution >= 0.6 is 11.8 Å². The van der Waals surface area contributed by atoms with Gasteiger partial charge in [-0.25, -0.2) is 4.39 Å². The lowest BCUT2D eigenvalue weighted by atomic mass is 9.88. The minimum absolute atomic E-state index is 0.00444. The maximum Gasteiger partial charge on any atom is 0.225 e. The van der Waals surface area contributed by atoms with Crippen LogP contribution in [0, 0.1) is 11.7 Å². The Kier molecular flexibility index (Phi) is 9.85. The minimum Gasteiger partial charge on any atom is -0.497 e. The van der Waals surface area contributed by atoms with E-state index in [-0.39, 0.29) is 28.8 Å². The number of hydrogen-bond acceptors (Lipinski definition) is 6. The molecule has 6 nitrogen and oxygen atoms in total. The number of ketones is 1. The third-order valence-electron chi connectivity index (χ3n) is 8.38. The summed E-state index contributed by atoms with van der Waals surface area (Å²) in [5.41, 5.74) is 2.44. The minimum atomic E-state index is -0.319. The van der Waals surface area contributed by atoms with Gasteiger partial charge in [0.1, 0.15) is 22.7 Å². The molecule has 3 aromatic carbocycles. The third-order valence-corrected chi connectivity index (χ3v) is 9.66. The van der Waals surface area contributed by atoms with Gasteiger partial charge in [-0.05, 0) is 99.8 Å². The van der Waals surface area contributed by atoms with Gasteiger partial charge >= 0.3 is 0 Å². The van der Waals surface area contributed by atoms with E-state index in [1.807, 2.05) is 47.4 Å². The molecule has 222 valence electrons. The van der Waals surface area contributed by atoms with Gasteiger partial charge in [0, 0.05) is 34.9 Å². The van der Waals surface area contributed by atoms with Crippen molar-refractivity contribution < 1.29 is 23.5 Å². The summed E-state index contributed by atoms with van der Waals surface area (Å²) in [4.78, 5) is 31.0. The summed E-state index contributed by atoms with van der Waals surface area (Å²) >= 11 is 1.65. The molecular weight excluding hydrogens is 551 g/mol. The topological polar surface area (TPSA) is 59.1 Å². The molecule has 2 aliphatic heterocycles. The van der Waals surface area contributed by atoms with Crippen molar-refractivity contribution in [2.75, 3.05) is 31.7 Å². The van der Waals surface area contributed by atoms with E-state index in [0.29, 0.717) is 18.2 Å². The Morgan fingerprint density at radius 3 is 2.48 bits per heavy atom. The zero-order valence-corrected chi connectivity index (χ0v) is 25.4. The fourth-order valence-electron chi connectivity index (χ4n) is 6.09. The maximum absolute atomic E-state index is 13.3. The zero-order chi connectivity index (χ0) is 29.6. The number of fused-ring (bicyclic) bond motifs is 1. The van der Waals surface area contributed by atoms with Gasteiger partial charge in [0.05, 0.1) is 19.4 Å². The van der Waals surface area contributed by atoms with Gasteiger partial charge in [0.2, 0.25) is 5.91 Å². The molecule has 1 saturated heterocycles. The third kappa shape index (κ3) is 6.65. The first kappa shape index (κ1) is 30.1. The lowest BCUT2D eigenvalue weighted by Crippen LogP contribution is -2.42. The normalized spacial score (nSPS) is 18.0. The van der Waals surface area contributed by atoms with Gasteiger partial charge in [-0.1, -0.05) is 30.8 Å². The fraction of sp³-hybridized carbons (Fsp3) is 0.412. The molecular formula is C34H39FN2O4S. The van der Waals surface area contributed by atoms with Crippen LogP contribution in [0.15, 0.2) is 71.6 Å². The SMILES string of the molecule is CCC(CCCOc1ccc(OC)cc1C1Sc2ccccc2N1C(C)=O)N1CCC(C(=O)c2ccc(F)cc2)CC1. The average molecular weight is 591 g/mol. The van der Waals surface area contributed by atoms with Crippen LogP contribution in [-0.2, 0) is 4.79 Å². The number of Topliss-reactive ketones (excluding diaryl/α,β-unsaturated/α-hetero) is 1. The second-order valence-corrected chi connectivity index (χ2v) is 12.1. The number of halogens is 1. The number of anilines is 1. The van der Waals surface area contributed by atoms with Crippen molar-refractivity contribution in [3.63, 3.8) is 0 Å². The van der Waals surface area contributed by atoms with Crippen LogP contribution in [0.4, 0.5) is 10.1 Å². The Hall–Kier alpha value is -3.36. The largest absolute Gasteiger partial charge is 0.497 e. The van der Waals surface area contributed by atoms with Crippen LogP contribution in [0.1, 0.15) is 67.2 Å². The highest BCUT2D eigenvalue weighted by Gasteiger charge is 2.36. The molecule has 1 amide bonds. The number of methoxy groups -OCH3 is 1. The average Bonchev–Trinajstić information content (AvgIpc) is 3.41. The Labute approximate surface area is 252 Å². The van der Waals surface area contributed by atoms with Crippen molar-refractivity contribution in [1.82, 2.24) is 4.90 Å². The Morgan fingerprint density at radius 1 is 1.05 bits per heavy atom. The number of carbonyl (C=O) groups excluding carboxylic acids is 2. The molecule has 2 atom stereocenters. The summed E-state index contributed by atoms with van der Waals surface area (Å²) in [6, 6.07) is 20.1. The molecule has 0 bridgehead atoms. The van der Waals surface area contributed by atoms with E-state index in [1.54, 1.807) is 37.9 Å². The van der Waals surface area contributed by atoms with E-state index in [0.717, 1.165) is 72.8 Å². The van der Waals surface area contributed by atoms with Crippen molar-refractivity contribution in [1.29, 1.82) is 0 Å². The van der Waals surface area contributed by atoms with E-state index >= 15 is 0 Å². The van der Waals surface area contributed by atoms with Gasteiger partial charge in [-0.15, -0.1) is 0 Å². The number of rotatable bonds is 11. The fourth-order valence-corrected chi connectivity index (χ4v) is 7.46. The van der Waals surface area contributed by atoms with Crippen molar-refractivity contribution in [3.8, 4) is 11.5 Å². The van der Waals surface area contributed by atoms with Gasteiger partial charge in [-0.3, -0.25) is 14.5 Å². The van der Waals surface area contributed by atoms with Crippen LogP contribution in [0.3, 0.4) is 0 Å². The lowest BCUT2D eigenvalue weighted by Gasteiger charge is -2.37. The molecule has 2 heterocycles. The number of hydrogen-bond donors (Lipinski definition) is 0. The predicted octanol–water partition coefficient (Wildman–Crippen LogP) is 7.52.